The van der Waals surface area contributed by atoms with Crippen LogP contribution in [-0.4, -0.2) is 24.7 Å². The minimum absolute atomic E-state index is 0.0862. The van der Waals surface area contributed by atoms with E-state index in [0.29, 0.717) is 11.4 Å². The molecule has 0 radical (unpaired) electrons. The van der Waals surface area contributed by atoms with E-state index >= 15 is 0 Å². The lowest BCUT2D eigenvalue weighted by molar-refractivity contribution is -0.121. The molecule has 1 aromatic heterocycles. The number of hydrogen-bond acceptors (Lipinski definition) is 4. The summed E-state index contributed by atoms with van der Waals surface area (Å²) in [6, 6.07) is 7.52. The van der Waals surface area contributed by atoms with Crippen LogP contribution in [0.5, 0.6) is 5.75 Å². The van der Waals surface area contributed by atoms with E-state index in [-0.39, 0.29) is 12.3 Å². The highest BCUT2D eigenvalue weighted by molar-refractivity contribution is 5.94. The van der Waals surface area contributed by atoms with Crippen LogP contribution in [0.2, 0.25) is 0 Å². The summed E-state index contributed by atoms with van der Waals surface area (Å²) in [5.74, 6) is -0.516. The van der Waals surface area contributed by atoms with Gasteiger partial charge in [0.2, 0.25) is 0 Å². The molecule has 106 valence electrons. The molecule has 0 saturated carbocycles. The molecule has 0 unspecified atom stereocenters. The number of hydrogen-bond donors (Lipinski definition) is 1. The average Bonchev–Trinajstić information content (AvgIpc) is 2.97. The van der Waals surface area contributed by atoms with Crippen molar-refractivity contribution in [1.82, 2.24) is 0 Å². The Bertz CT molecular complexity index is 583. The van der Waals surface area contributed by atoms with Crippen LogP contribution >= 0.6 is 0 Å². The van der Waals surface area contributed by atoms with E-state index < -0.39 is 18.3 Å². The number of aliphatic hydroxyl groups is 1. The maximum Gasteiger partial charge on any atom is 0.253 e. The first-order valence-electron chi connectivity index (χ1n) is 5.93. The van der Waals surface area contributed by atoms with Crippen molar-refractivity contribution in [2.45, 2.75) is 6.54 Å². The first kappa shape index (κ1) is 14.1. The van der Waals surface area contributed by atoms with Gasteiger partial charge in [-0.1, -0.05) is 0 Å². The predicted octanol–water partition coefficient (Wildman–Crippen LogP) is 1.95. The fourth-order valence-corrected chi connectivity index (χ4v) is 1.79. The zero-order chi connectivity index (χ0) is 14.5. The van der Waals surface area contributed by atoms with Gasteiger partial charge < -0.3 is 19.2 Å². The highest BCUT2D eigenvalue weighted by Crippen LogP contribution is 2.25. The highest BCUT2D eigenvalue weighted by atomic mass is 19.1. The maximum absolute atomic E-state index is 13.7. The SMILES string of the molecule is COc1ccc(N(Cc2ccco2)C(=O)CO)cc1F. The average molecular weight is 279 g/mol. The minimum Gasteiger partial charge on any atom is -0.494 e. The Morgan fingerprint density at radius 2 is 2.25 bits per heavy atom. The van der Waals surface area contributed by atoms with Crippen LogP contribution in [-0.2, 0) is 11.3 Å². The second kappa shape index (κ2) is 6.21. The fraction of sp³-hybridized carbons (Fsp3) is 0.214. The molecule has 1 N–H and O–H groups in total. The third-order valence-corrected chi connectivity index (χ3v) is 2.78. The van der Waals surface area contributed by atoms with Crippen molar-refractivity contribution in [2.75, 3.05) is 18.6 Å². The Morgan fingerprint density at radius 3 is 2.80 bits per heavy atom. The molecule has 1 heterocycles. The molecule has 1 aromatic carbocycles. The van der Waals surface area contributed by atoms with E-state index in [4.69, 9.17) is 14.3 Å². The normalized spacial score (nSPS) is 10.3. The summed E-state index contributed by atoms with van der Waals surface area (Å²) in [7, 11) is 1.36. The quantitative estimate of drug-likeness (QED) is 0.908. The number of ether oxygens (including phenoxy) is 1. The summed E-state index contributed by atoms with van der Waals surface area (Å²) >= 11 is 0. The molecule has 2 rings (SSSR count). The number of halogens is 1. The summed E-state index contributed by atoms with van der Waals surface area (Å²) in [6.07, 6.45) is 1.48. The van der Waals surface area contributed by atoms with Gasteiger partial charge >= 0.3 is 0 Å². The minimum atomic E-state index is -0.672. The van der Waals surface area contributed by atoms with Gasteiger partial charge in [-0.15, -0.1) is 0 Å². The monoisotopic (exact) mass is 279 g/mol. The van der Waals surface area contributed by atoms with Gasteiger partial charge in [0.25, 0.3) is 5.91 Å². The van der Waals surface area contributed by atoms with E-state index in [9.17, 15) is 9.18 Å². The summed E-state index contributed by atoms with van der Waals surface area (Å²) in [5, 5.41) is 9.02. The Morgan fingerprint density at radius 1 is 1.45 bits per heavy atom. The summed E-state index contributed by atoms with van der Waals surface area (Å²) in [5.41, 5.74) is 0.318. The lowest BCUT2D eigenvalue weighted by Gasteiger charge is -2.21. The molecule has 1 amide bonds. The van der Waals surface area contributed by atoms with E-state index in [0.717, 1.165) is 0 Å². The van der Waals surface area contributed by atoms with Gasteiger partial charge in [0.15, 0.2) is 11.6 Å². The van der Waals surface area contributed by atoms with Crippen LogP contribution in [0.4, 0.5) is 10.1 Å². The number of furan rings is 1. The fourth-order valence-electron chi connectivity index (χ4n) is 1.79. The van der Waals surface area contributed by atoms with Crippen LogP contribution in [0.1, 0.15) is 5.76 Å². The van der Waals surface area contributed by atoms with Crippen molar-refractivity contribution >= 4 is 11.6 Å². The molecule has 0 fully saturated rings. The van der Waals surface area contributed by atoms with Crippen molar-refractivity contribution in [2.24, 2.45) is 0 Å². The molecule has 5 nitrogen and oxygen atoms in total. The molecule has 0 saturated heterocycles. The number of amides is 1. The van der Waals surface area contributed by atoms with E-state index in [2.05, 4.69) is 0 Å². The standard InChI is InChI=1S/C14H14FNO4/c1-19-13-5-4-10(7-12(13)15)16(14(18)9-17)8-11-3-2-6-20-11/h2-7,17H,8-9H2,1H3. The number of carbonyl (C=O) groups is 1. The number of anilines is 1. The van der Waals surface area contributed by atoms with Gasteiger partial charge in [0, 0.05) is 11.8 Å². The lowest BCUT2D eigenvalue weighted by atomic mass is 10.2. The van der Waals surface area contributed by atoms with Gasteiger partial charge in [-0.25, -0.2) is 4.39 Å². The first-order chi connectivity index (χ1) is 9.65. The third kappa shape index (κ3) is 2.97. The van der Waals surface area contributed by atoms with Crippen LogP contribution in [0.25, 0.3) is 0 Å². The number of nitrogens with zero attached hydrogens (tertiary/aromatic N) is 1. The molecule has 0 bridgehead atoms. The zero-order valence-electron chi connectivity index (χ0n) is 10.9. The predicted molar refractivity (Wildman–Crippen MR) is 69.9 cm³/mol. The molecular weight excluding hydrogens is 265 g/mol. The largest absolute Gasteiger partial charge is 0.494 e. The molecule has 0 atom stereocenters. The Kier molecular flexibility index (Phi) is 4.37. The second-order valence-electron chi connectivity index (χ2n) is 4.04. The highest BCUT2D eigenvalue weighted by Gasteiger charge is 2.18. The van der Waals surface area contributed by atoms with Crippen molar-refractivity contribution in [3.63, 3.8) is 0 Å². The molecule has 2 aromatic rings. The van der Waals surface area contributed by atoms with Gasteiger partial charge in [0.05, 0.1) is 19.9 Å². The Labute approximate surface area is 115 Å². The summed E-state index contributed by atoms with van der Waals surface area (Å²) in [6.45, 7) is -0.563. The maximum atomic E-state index is 13.7. The number of aliphatic hydroxyl groups excluding tert-OH is 1. The van der Waals surface area contributed by atoms with Crippen molar-refractivity contribution in [1.29, 1.82) is 0 Å². The molecule has 20 heavy (non-hydrogen) atoms. The Hall–Kier alpha value is -2.34. The zero-order valence-corrected chi connectivity index (χ0v) is 10.9. The van der Waals surface area contributed by atoms with Crippen LogP contribution in [0, 0.1) is 5.82 Å². The molecule has 6 heteroatoms. The van der Waals surface area contributed by atoms with Crippen molar-refractivity contribution in [3.8, 4) is 5.75 Å². The first-order valence-corrected chi connectivity index (χ1v) is 5.93. The van der Waals surface area contributed by atoms with E-state index in [1.165, 1.54) is 30.4 Å². The van der Waals surface area contributed by atoms with Crippen molar-refractivity contribution < 1.29 is 23.4 Å². The third-order valence-electron chi connectivity index (χ3n) is 2.78. The Balaban J connectivity index is 2.31. The molecule has 0 spiro atoms. The molecule has 0 aliphatic rings. The van der Waals surface area contributed by atoms with E-state index in [1.807, 2.05) is 0 Å². The topological polar surface area (TPSA) is 62.9 Å². The number of methoxy groups -OCH3 is 1. The van der Waals surface area contributed by atoms with Crippen LogP contribution in [0.15, 0.2) is 41.0 Å². The summed E-state index contributed by atoms with van der Waals surface area (Å²) < 4.78 is 23.7. The summed E-state index contributed by atoms with van der Waals surface area (Å²) in [4.78, 5) is 13.0. The van der Waals surface area contributed by atoms with E-state index in [1.54, 1.807) is 18.2 Å². The molecule has 0 aliphatic carbocycles. The van der Waals surface area contributed by atoms with Crippen LogP contribution < -0.4 is 9.64 Å². The smallest absolute Gasteiger partial charge is 0.253 e. The van der Waals surface area contributed by atoms with Gasteiger partial charge in [-0.2, -0.15) is 0 Å². The van der Waals surface area contributed by atoms with Gasteiger partial charge in [0.1, 0.15) is 12.4 Å². The van der Waals surface area contributed by atoms with Crippen LogP contribution in [0.3, 0.4) is 0 Å². The molecular formula is C14H14FNO4. The van der Waals surface area contributed by atoms with Gasteiger partial charge in [-0.05, 0) is 24.3 Å². The lowest BCUT2D eigenvalue weighted by Crippen LogP contribution is -2.32. The van der Waals surface area contributed by atoms with Gasteiger partial charge in [-0.3, -0.25) is 4.79 Å². The molecule has 0 aliphatic heterocycles. The van der Waals surface area contributed by atoms with Crippen molar-refractivity contribution in [3.05, 3.63) is 48.2 Å². The number of benzene rings is 1. The number of carbonyl (C=O) groups excluding carboxylic acids is 1. The second-order valence-corrected chi connectivity index (χ2v) is 4.04. The number of rotatable bonds is 5.